The van der Waals surface area contributed by atoms with Crippen LogP contribution in [-0.2, 0) is 22.5 Å². The van der Waals surface area contributed by atoms with Gasteiger partial charge >= 0.3 is 0 Å². The zero-order valence-corrected chi connectivity index (χ0v) is 12.9. The fourth-order valence-corrected chi connectivity index (χ4v) is 2.95. The largest absolute Gasteiger partial charge is 0.383 e. The van der Waals surface area contributed by atoms with Crippen LogP contribution in [0, 0.1) is 5.92 Å². The summed E-state index contributed by atoms with van der Waals surface area (Å²) in [7, 11) is 1.61. The molecule has 0 aliphatic carbocycles. The Balaban J connectivity index is 1.63. The summed E-state index contributed by atoms with van der Waals surface area (Å²) < 4.78 is 6.89. The second kappa shape index (κ2) is 6.48. The van der Waals surface area contributed by atoms with E-state index in [2.05, 4.69) is 10.3 Å². The standard InChI is InChI=1S/C15H22N4O3/c1-22-8-5-16-14(20)11-3-4-12-13(17-10-19(12)9-11)15(21)18-6-2-7-18/h10-11H,2-9H2,1H3,(H,16,20). The smallest absolute Gasteiger partial charge is 0.274 e. The molecule has 1 N–H and O–H groups in total. The highest BCUT2D eigenvalue weighted by Crippen LogP contribution is 2.24. The Morgan fingerprint density at radius 2 is 2.27 bits per heavy atom. The first-order valence-corrected chi connectivity index (χ1v) is 7.80. The molecule has 1 unspecified atom stereocenters. The summed E-state index contributed by atoms with van der Waals surface area (Å²) in [6, 6.07) is 0. The summed E-state index contributed by atoms with van der Waals surface area (Å²) in [6.45, 7) is 3.30. The fraction of sp³-hybridized carbons (Fsp3) is 0.667. The second-order valence-corrected chi connectivity index (χ2v) is 5.86. The van der Waals surface area contributed by atoms with Gasteiger partial charge in [-0.3, -0.25) is 9.59 Å². The van der Waals surface area contributed by atoms with Gasteiger partial charge in [-0.25, -0.2) is 4.98 Å². The second-order valence-electron chi connectivity index (χ2n) is 5.86. The lowest BCUT2D eigenvalue weighted by Crippen LogP contribution is -2.43. The number of nitrogens with zero attached hydrogens (tertiary/aromatic N) is 3. The normalized spacial score (nSPS) is 20.2. The molecule has 1 aromatic heterocycles. The summed E-state index contributed by atoms with van der Waals surface area (Å²) in [4.78, 5) is 30.5. The summed E-state index contributed by atoms with van der Waals surface area (Å²) in [5.41, 5.74) is 1.54. The van der Waals surface area contributed by atoms with Gasteiger partial charge in [0, 0.05) is 33.3 Å². The quantitative estimate of drug-likeness (QED) is 0.780. The van der Waals surface area contributed by atoms with Gasteiger partial charge in [0.1, 0.15) is 5.69 Å². The molecule has 0 saturated carbocycles. The summed E-state index contributed by atoms with van der Waals surface area (Å²) in [5.74, 6) is 0.0144. The molecule has 2 aliphatic heterocycles. The minimum absolute atomic E-state index is 0.0306. The van der Waals surface area contributed by atoms with Crippen LogP contribution in [0.15, 0.2) is 6.33 Å². The van der Waals surface area contributed by atoms with Gasteiger partial charge in [-0.15, -0.1) is 0 Å². The van der Waals surface area contributed by atoms with Gasteiger partial charge in [-0.1, -0.05) is 0 Å². The van der Waals surface area contributed by atoms with Crippen molar-refractivity contribution in [3.63, 3.8) is 0 Å². The molecule has 2 amide bonds. The van der Waals surface area contributed by atoms with Gasteiger partial charge in [-0.2, -0.15) is 0 Å². The van der Waals surface area contributed by atoms with Crippen molar-refractivity contribution < 1.29 is 14.3 Å². The van der Waals surface area contributed by atoms with E-state index >= 15 is 0 Å². The number of hydrogen-bond donors (Lipinski definition) is 1. The first-order chi connectivity index (χ1) is 10.7. The molecule has 0 bridgehead atoms. The number of fused-ring (bicyclic) bond motifs is 1. The van der Waals surface area contributed by atoms with Crippen LogP contribution >= 0.6 is 0 Å². The highest BCUT2D eigenvalue weighted by atomic mass is 16.5. The third-order valence-electron chi connectivity index (χ3n) is 4.42. The van der Waals surface area contributed by atoms with Gasteiger partial charge in [0.2, 0.25) is 5.91 Å². The molecule has 0 aromatic carbocycles. The number of imidazole rings is 1. The highest BCUT2D eigenvalue weighted by molar-refractivity contribution is 5.94. The van der Waals surface area contributed by atoms with Crippen LogP contribution in [0.25, 0.3) is 0 Å². The van der Waals surface area contributed by atoms with Crippen LogP contribution in [0.2, 0.25) is 0 Å². The van der Waals surface area contributed by atoms with E-state index in [1.165, 1.54) is 0 Å². The lowest BCUT2D eigenvalue weighted by molar-refractivity contribution is -0.126. The number of hydrogen-bond acceptors (Lipinski definition) is 4. The van der Waals surface area contributed by atoms with Crippen molar-refractivity contribution in [3.8, 4) is 0 Å². The SMILES string of the molecule is COCCNC(=O)C1CCc2c(C(=O)N3CCC3)ncn2C1. The minimum atomic E-state index is -0.0643. The van der Waals surface area contributed by atoms with Crippen molar-refractivity contribution in [3.05, 3.63) is 17.7 Å². The molecule has 3 rings (SSSR count). The monoisotopic (exact) mass is 306 g/mol. The molecule has 1 aromatic rings. The summed E-state index contributed by atoms with van der Waals surface area (Å²) in [5, 5.41) is 2.88. The van der Waals surface area contributed by atoms with Crippen molar-refractivity contribution in [2.24, 2.45) is 5.92 Å². The maximum absolute atomic E-state index is 12.3. The van der Waals surface area contributed by atoms with Crippen molar-refractivity contribution in [2.45, 2.75) is 25.8 Å². The zero-order chi connectivity index (χ0) is 15.5. The van der Waals surface area contributed by atoms with E-state index in [4.69, 9.17) is 4.74 Å². The molecule has 22 heavy (non-hydrogen) atoms. The van der Waals surface area contributed by atoms with E-state index in [0.717, 1.165) is 38.0 Å². The highest BCUT2D eigenvalue weighted by Gasteiger charge is 2.31. The van der Waals surface area contributed by atoms with Gasteiger partial charge in [0.05, 0.1) is 24.5 Å². The predicted octanol–water partition coefficient (Wildman–Crippen LogP) is 0.0540. The van der Waals surface area contributed by atoms with Gasteiger partial charge in [-0.05, 0) is 19.3 Å². The van der Waals surface area contributed by atoms with Crippen molar-refractivity contribution in [1.29, 1.82) is 0 Å². The number of carbonyl (C=O) groups is 2. The number of carbonyl (C=O) groups excluding carboxylic acids is 2. The number of ether oxygens (including phenoxy) is 1. The first kappa shape index (κ1) is 15.0. The topological polar surface area (TPSA) is 76.5 Å². The number of amides is 2. The van der Waals surface area contributed by atoms with E-state index in [1.54, 1.807) is 13.4 Å². The van der Waals surface area contributed by atoms with E-state index in [1.807, 2.05) is 9.47 Å². The van der Waals surface area contributed by atoms with Crippen molar-refractivity contribution in [1.82, 2.24) is 19.8 Å². The third kappa shape index (κ3) is 2.85. The molecule has 3 heterocycles. The van der Waals surface area contributed by atoms with Crippen LogP contribution in [0.5, 0.6) is 0 Å². The average Bonchev–Trinajstić information content (AvgIpc) is 2.88. The van der Waals surface area contributed by atoms with E-state index in [-0.39, 0.29) is 17.7 Å². The average molecular weight is 306 g/mol. The van der Waals surface area contributed by atoms with Gasteiger partial charge < -0.3 is 19.5 Å². The fourth-order valence-electron chi connectivity index (χ4n) is 2.95. The number of rotatable bonds is 5. The van der Waals surface area contributed by atoms with E-state index in [0.29, 0.717) is 25.4 Å². The van der Waals surface area contributed by atoms with Crippen LogP contribution in [-0.4, -0.2) is 59.6 Å². The summed E-state index contributed by atoms with van der Waals surface area (Å²) >= 11 is 0. The molecule has 2 aliphatic rings. The van der Waals surface area contributed by atoms with Crippen LogP contribution in [0.3, 0.4) is 0 Å². The molecule has 1 saturated heterocycles. The Morgan fingerprint density at radius 3 is 2.95 bits per heavy atom. The lowest BCUT2D eigenvalue weighted by atomic mass is 9.96. The first-order valence-electron chi connectivity index (χ1n) is 7.80. The number of nitrogens with one attached hydrogen (secondary N) is 1. The Hall–Kier alpha value is -1.89. The van der Waals surface area contributed by atoms with Crippen molar-refractivity contribution >= 4 is 11.8 Å². The van der Waals surface area contributed by atoms with E-state index in [9.17, 15) is 9.59 Å². The molecule has 0 radical (unpaired) electrons. The molecular formula is C15H22N4O3. The maximum atomic E-state index is 12.3. The van der Waals surface area contributed by atoms with Crippen molar-refractivity contribution in [2.75, 3.05) is 33.4 Å². The molecule has 120 valence electrons. The lowest BCUT2D eigenvalue weighted by Gasteiger charge is -2.31. The number of aromatic nitrogens is 2. The zero-order valence-electron chi connectivity index (χ0n) is 12.9. The van der Waals surface area contributed by atoms with Crippen LogP contribution in [0.1, 0.15) is 29.0 Å². The predicted molar refractivity (Wildman–Crippen MR) is 79.4 cm³/mol. The third-order valence-corrected chi connectivity index (χ3v) is 4.42. The van der Waals surface area contributed by atoms with Gasteiger partial charge in [0.25, 0.3) is 5.91 Å². The van der Waals surface area contributed by atoms with Crippen LogP contribution < -0.4 is 5.32 Å². The molecule has 1 atom stereocenters. The molecule has 7 nitrogen and oxygen atoms in total. The minimum Gasteiger partial charge on any atom is -0.383 e. The Bertz CT molecular complexity index is 565. The molecular weight excluding hydrogens is 284 g/mol. The Kier molecular flexibility index (Phi) is 4.42. The molecule has 1 fully saturated rings. The summed E-state index contributed by atoms with van der Waals surface area (Å²) in [6.07, 6.45) is 4.24. The van der Waals surface area contributed by atoms with E-state index < -0.39 is 0 Å². The Labute approximate surface area is 129 Å². The maximum Gasteiger partial charge on any atom is 0.274 e. The number of methoxy groups -OCH3 is 1. The van der Waals surface area contributed by atoms with Crippen LogP contribution in [0.4, 0.5) is 0 Å². The number of likely N-dealkylation sites (tertiary alicyclic amines) is 1. The molecule has 7 heteroatoms. The Morgan fingerprint density at radius 1 is 1.45 bits per heavy atom. The molecule has 0 spiro atoms. The van der Waals surface area contributed by atoms with Gasteiger partial charge in [0.15, 0.2) is 0 Å².